The number of amides is 2. The van der Waals surface area contributed by atoms with Crippen LogP contribution in [0.5, 0.6) is 0 Å². The molecular formula is C15H25N3O2. The van der Waals surface area contributed by atoms with Crippen molar-refractivity contribution < 1.29 is 9.59 Å². The zero-order valence-electron chi connectivity index (χ0n) is 12.0. The minimum absolute atomic E-state index is 0.0507. The van der Waals surface area contributed by atoms with Gasteiger partial charge >= 0.3 is 0 Å². The second-order valence-electron chi connectivity index (χ2n) is 6.64. The SMILES string of the molecule is NC(CC(=O)N1CCC(NC(=O)C2CC2)CC1)C1CC1. The van der Waals surface area contributed by atoms with Crippen molar-refractivity contribution in [3.05, 3.63) is 0 Å². The highest BCUT2D eigenvalue weighted by Gasteiger charge is 2.34. The van der Waals surface area contributed by atoms with E-state index in [1.54, 1.807) is 0 Å². The molecule has 0 aromatic rings. The first-order valence-electron chi connectivity index (χ1n) is 7.97. The first kappa shape index (κ1) is 13.9. The number of nitrogens with zero attached hydrogens (tertiary/aromatic N) is 1. The lowest BCUT2D eigenvalue weighted by atomic mass is 10.0. The van der Waals surface area contributed by atoms with Crippen LogP contribution >= 0.6 is 0 Å². The Morgan fingerprint density at radius 2 is 1.75 bits per heavy atom. The third-order valence-corrected chi connectivity index (χ3v) is 4.78. The topological polar surface area (TPSA) is 75.4 Å². The molecule has 1 aliphatic heterocycles. The van der Waals surface area contributed by atoms with Crippen LogP contribution in [0, 0.1) is 11.8 Å². The molecule has 112 valence electrons. The molecule has 2 amide bonds. The maximum atomic E-state index is 12.1. The third-order valence-electron chi connectivity index (χ3n) is 4.78. The van der Waals surface area contributed by atoms with Crippen LogP contribution in [0.3, 0.4) is 0 Å². The van der Waals surface area contributed by atoms with Gasteiger partial charge in [-0.3, -0.25) is 9.59 Å². The maximum Gasteiger partial charge on any atom is 0.224 e. The van der Waals surface area contributed by atoms with Gasteiger partial charge in [0.15, 0.2) is 0 Å². The van der Waals surface area contributed by atoms with Crippen LogP contribution in [-0.4, -0.2) is 41.9 Å². The fourth-order valence-corrected chi connectivity index (χ4v) is 2.96. The number of carbonyl (C=O) groups is 2. The Kier molecular flexibility index (Phi) is 3.96. The average Bonchev–Trinajstić information content (AvgIpc) is 3.31. The van der Waals surface area contributed by atoms with Crippen molar-refractivity contribution in [3.63, 3.8) is 0 Å². The van der Waals surface area contributed by atoms with Crippen LogP contribution < -0.4 is 11.1 Å². The van der Waals surface area contributed by atoms with Gasteiger partial charge in [0.2, 0.25) is 11.8 Å². The molecule has 3 fully saturated rings. The van der Waals surface area contributed by atoms with Gasteiger partial charge in [-0.05, 0) is 44.4 Å². The Morgan fingerprint density at radius 1 is 1.10 bits per heavy atom. The highest BCUT2D eigenvalue weighted by molar-refractivity contribution is 5.81. The number of rotatable bonds is 5. The molecule has 0 radical (unpaired) electrons. The van der Waals surface area contributed by atoms with Crippen molar-refractivity contribution in [1.29, 1.82) is 0 Å². The molecule has 1 saturated heterocycles. The molecule has 5 nitrogen and oxygen atoms in total. The predicted octanol–water partition coefficient (Wildman–Crippen LogP) is 0.631. The second kappa shape index (κ2) is 5.72. The van der Waals surface area contributed by atoms with E-state index in [9.17, 15) is 9.59 Å². The van der Waals surface area contributed by atoms with Gasteiger partial charge in [0.25, 0.3) is 0 Å². The molecular weight excluding hydrogens is 254 g/mol. The molecule has 0 aromatic carbocycles. The van der Waals surface area contributed by atoms with Gasteiger partial charge in [0.1, 0.15) is 0 Å². The molecule has 3 N–H and O–H groups in total. The fourth-order valence-electron chi connectivity index (χ4n) is 2.96. The molecule has 20 heavy (non-hydrogen) atoms. The average molecular weight is 279 g/mol. The summed E-state index contributed by atoms with van der Waals surface area (Å²) in [6.07, 6.45) is 6.70. The van der Waals surface area contributed by atoms with E-state index in [1.165, 1.54) is 12.8 Å². The number of nitrogens with two attached hydrogens (primary N) is 1. The molecule has 0 aromatic heterocycles. The standard InChI is InChI=1S/C15H25N3O2/c16-13(10-1-2-10)9-14(19)18-7-5-12(6-8-18)17-15(20)11-3-4-11/h10-13H,1-9,16H2,(H,17,20). The molecule has 0 spiro atoms. The Morgan fingerprint density at radius 3 is 2.30 bits per heavy atom. The van der Waals surface area contributed by atoms with E-state index in [0.29, 0.717) is 12.3 Å². The zero-order valence-corrected chi connectivity index (χ0v) is 12.0. The first-order chi connectivity index (χ1) is 9.63. The van der Waals surface area contributed by atoms with Crippen molar-refractivity contribution in [2.75, 3.05) is 13.1 Å². The lowest BCUT2D eigenvalue weighted by Gasteiger charge is -2.33. The van der Waals surface area contributed by atoms with Crippen molar-refractivity contribution in [2.45, 2.75) is 57.0 Å². The van der Waals surface area contributed by atoms with Crippen molar-refractivity contribution in [1.82, 2.24) is 10.2 Å². The van der Waals surface area contributed by atoms with Gasteiger partial charge in [-0.2, -0.15) is 0 Å². The summed E-state index contributed by atoms with van der Waals surface area (Å²) in [5, 5.41) is 3.11. The molecule has 1 unspecified atom stereocenters. The lowest BCUT2D eigenvalue weighted by Crippen LogP contribution is -2.47. The molecule has 3 aliphatic rings. The Balaban J connectivity index is 1.38. The summed E-state index contributed by atoms with van der Waals surface area (Å²) >= 11 is 0. The zero-order chi connectivity index (χ0) is 14.1. The predicted molar refractivity (Wildman–Crippen MR) is 75.8 cm³/mol. The van der Waals surface area contributed by atoms with E-state index < -0.39 is 0 Å². The summed E-state index contributed by atoms with van der Waals surface area (Å²) in [6, 6.07) is 0.305. The smallest absolute Gasteiger partial charge is 0.224 e. The largest absolute Gasteiger partial charge is 0.353 e. The Bertz CT molecular complexity index is 383. The van der Waals surface area contributed by atoms with Crippen LogP contribution in [-0.2, 0) is 9.59 Å². The summed E-state index contributed by atoms with van der Waals surface area (Å²) in [7, 11) is 0. The van der Waals surface area contributed by atoms with Crippen LogP contribution in [0.2, 0.25) is 0 Å². The van der Waals surface area contributed by atoms with Crippen LogP contribution in [0.25, 0.3) is 0 Å². The van der Waals surface area contributed by atoms with Gasteiger partial charge in [-0.25, -0.2) is 0 Å². The summed E-state index contributed by atoms with van der Waals surface area (Å²) in [4.78, 5) is 25.8. The van der Waals surface area contributed by atoms with E-state index >= 15 is 0 Å². The number of carbonyl (C=O) groups excluding carboxylic acids is 2. The fraction of sp³-hybridized carbons (Fsp3) is 0.867. The molecule has 1 atom stereocenters. The third kappa shape index (κ3) is 3.51. The van der Waals surface area contributed by atoms with Gasteiger partial charge in [-0.15, -0.1) is 0 Å². The lowest BCUT2D eigenvalue weighted by molar-refractivity contribution is -0.132. The number of piperidine rings is 1. The molecule has 5 heteroatoms. The van der Waals surface area contributed by atoms with E-state index in [0.717, 1.165) is 38.8 Å². The van der Waals surface area contributed by atoms with Gasteiger partial charge < -0.3 is 16.0 Å². The van der Waals surface area contributed by atoms with Gasteiger partial charge in [-0.1, -0.05) is 0 Å². The molecule has 1 heterocycles. The van der Waals surface area contributed by atoms with E-state index in [4.69, 9.17) is 5.73 Å². The molecule has 3 rings (SSSR count). The second-order valence-corrected chi connectivity index (χ2v) is 6.64. The minimum Gasteiger partial charge on any atom is -0.353 e. The summed E-state index contributed by atoms with van der Waals surface area (Å²) < 4.78 is 0. The van der Waals surface area contributed by atoms with Crippen LogP contribution in [0.15, 0.2) is 0 Å². The molecule has 0 bridgehead atoms. The van der Waals surface area contributed by atoms with Crippen molar-refractivity contribution in [2.24, 2.45) is 17.6 Å². The van der Waals surface area contributed by atoms with Gasteiger partial charge in [0, 0.05) is 37.5 Å². The Labute approximate surface area is 120 Å². The Hall–Kier alpha value is -1.10. The normalized spacial score (nSPS) is 25.4. The first-order valence-corrected chi connectivity index (χ1v) is 7.97. The summed E-state index contributed by atoms with van der Waals surface area (Å²) in [5.41, 5.74) is 6.02. The highest BCUT2D eigenvalue weighted by atomic mass is 16.2. The summed E-state index contributed by atoms with van der Waals surface area (Å²) in [6.45, 7) is 1.51. The molecule has 2 aliphatic carbocycles. The number of likely N-dealkylation sites (tertiary alicyclic amines) is 1. The summed E-state index contributed by atoms with van der Waals surface area (Å²) in [5.74, 6) is 1.25. The number of hydrogen-bond donors (Lipinski definition) is 2. The maximum absolute atomic E-state index is 12.1. The van der Waals surface area contributed by atoms with Crippen molar-refractivity contribution in [3.8, 4) is 0 Å². The van der Waals surface area contributed by atoms with E-state index in [-0.39, 0.29) is 29.8 Å². The minimum atomic E-state index is 0.0507. The van der Waals surface area contributed by atoms with E-state index in [1.807, 2.05) is 4.90 Å². The highest BCUT2D eigenvalue weighted by Crippen LogP contribution is 2.33. The van der Waals surface area contributed by atoms with Crippen LogP contribution in [0.4, 0.5) is 0 Å². The van der Waals surface area contributed by atoms with Crippen LogP contribution in [0.1, 0.15) is 44.9 Å². The number of hydrogen-bond acceptors (Lipinski definition) is 3. The van der Waals surface area contributed by atoms with Crippen molar-refractivity contribution >= 4 is 11.8 Å². The van der Waals surface area contributed by atoms with Gasteiger partial charge in [0.05, 0.1) is 0 Å². The monoisotopic (exact) mass is 279 g/mol. The number of nitrogens with one attached hydrogen (secondary N) is 1. The van der Waals surface area contributed by atoms with E-state index in [2.05, 4.69) is 5.32 Å². The quantitative estimate of drug-likeness (QED) is 0.775. The molecule has 2 saturated carbocycles.